The number of hydrogen-bond acceptors (Lipinski definition) is 2. The lowest BCUT2D eigenvalue weighted by Crippen LogP contribution is -2.23. The van der Waals surface area contributed by atoms with Crippen LogP contribution in [0.15, 0.2) is 90.0 Å². The molecule has 0 aliphatic carbocycles. The van der Waals surface area contributed by atoms with Crippen LogP contribution < -0.4 is 5.56 Å². The molecule has 5 heteroatoms. The first kappa shape index (κ1) is 18.3. The van der Waals surface area contributed by atoms with Gasteiger partial charge in [-0.3, -0.25) is 9.36 Å². The normalized spacial score (nSPS) is 11.4. The highest BCUT2D eigenvalue weighted by Crippen LogP contribution is 2.26. The molecule has 2 heterocycles. The number of benzene rings is 3. The molecule has 0 atom stereocenters. The Kier molecular flexibility index (Phi) is 4.64. The van der Waals surface area contributed by atoms with E-state index in [0.717, 1.165) is 22.9 Å². The van der Waals surface area contributed by atoms with E-state index in [-0.39, 0.29) is 17.9 Å². The Morgan fingerprint density at radius 2 is 1.60 bits per heavy atom. The Balaban J connectivity index is 1.65. The molecule has 0 aliphatic rings. The molecule has 0 N–H and O–H groups in total. The number of aromatic nitrogens is 3. The predicted octanol–water partition coefficient (Wildman–Crippen LogP) is 4.78. The van der Waals surface area contributed by atoms with Crippen molar-refractivity contribution >= 4 is 21.9 Å². The molecule has 0 fully saturated rings. The van der Waals surface area contributed by atoms with Crippen molar-refractivity contribution in [1.82, 2.24) is 14.1 Å². The van der Waals surface area contributed by atoms with Crippen molar-refractivity contribution in [3.8, 4) is 0 Å². The van der Waals surface area contributed by atoms with Gasteiger partial charge in [-0.15, -0.1) is 0 Å². The van der Waals surface area contributed by atoms with Crippen LogP contribution in [-0.2, 0) is 19.5 Å². The molecule has 0 aliphatic heterocycles. The molecule has 2 aromatic heterocycles. The molecular formula is C25H20FN3O. The van der Waals surface area contributed by atoms with Crippen LogP contribution in [0, 0.1) is 5.82 Å². The van der Waals surface area contributed by atoms with Crippen molar-refractivity contribution in [2.75, 3.05) is 0 Å². The predicted molar refractivity (Wildman–Crippen MR) is 117 cm³/mol. The van der Waals surface area contributed by atoms with Crippen LogP contribution in [0.2, 0.25) is 0 Å². The summed E-state index contributed by atoms with van der Waals surface area (Å²) in [6.07, 6.45) is 2.36. The van der Waals surface area contributed by atoms with Gasteiger partial charge in [-0.05, 0) is 24.1 Å². The van der Waals surface area contributed by atoms with Gasteiger partial charge in [-0.25, -0.2) is 9.37 Å². The number of nitrogens with zero attached hydrogens (tertiary/aromatic N) is 3. The van der Waals surface area contributed by atoms with Gasteiger partial charge >= 0.3 is 0 Å². The van der Waals surface area contributed by atoms with Gasteiger partial charge in [0.05, 0.1) is 18.4 Å². The van der Waals surface area contributed by atoms with E-state index in [9.17, 15) is 9.18 Å². The van der Waals surface area contributed by atoms with Gasteiger partial charge in [0.25, 0.3) is 5.56 Å². The minimum Gasteiger partial charge on any atom is -0.330 e. The number of fused-ring (bicyclic) bond motifs is 3. The van der Waals surface area contributed by atoms with E-state index in [0.29, 0.717) is 23.1 Å². The largest absolute Gasteiger partial charge is 0.330 e. The molecule has 0 radical (unpaired) electrons. The van der Waals surface area contributed by atoms with Crippen LogP contribution in [0.25, 0.3) is 21.9 Å². The molecule has 30 heavy (non-hydrogen) atoms. The van der Waals surface area contributed by atoms with Crippen LogP contribution >= 0.6 is 0 Å². The Bertz CT molecular complexity index is 1400. The second-order valence-corrected chi connectivity index (χ2v) is 7.37. The van der Waals surface area contributed by atoms with E-state index >= 15 is 0 Å². The van der Waals surface area contributed by atoms with Gasteiger partial charge < -0.3 is 4.57 Å². The molecule has 0 bridgehead atoms. The maximum absolute atomic E-state index is 14.4. The average molecular weight is 397 g/mol. The second kappa shape index (κ2) is 7.59. The summed E-state index contributed by atoms with van der Waals surface area (Å²) in [6.45, 7) is 0.809. The van der Waals surface area contributed by atoms with E-state index in [1.165, 1.54) is 6.07 Å². The molecule has 0 amide bonds. The third kappa shape index (κ3) is 3.18. The number of aryl methyl sites for hydroxylation is 2. The number of hydrogen-bond donors (Lipinski definition) is 0. The molecule has 3 aromatic carbocycles. The lowest BCUT2D eigenvalue weighted by Gasteiger charge is -2.10. The Morgan fingerprint density at radius 1 is 0.867 bits per heavy atom. The van der Waals surface area contributed by atoms with Gasteiger partial charge in [-0.2, -0.15) is 0 Å². The first-order valence-electron chi connectivity index (χ1n) is 9.96. The number of para-hydroxylation sites is 1. The van der Waals surface area contributed by atoms with E-state index in [1.807, 2.05) is 65.2 Å². The second-order valence-electron chi connectivity index (χ2n) is 7.37. The minimum atomic E-state index is -0.281. The Morgan fingerprint density at radius 3 is 2.43 bits per heavy atom. The fourth-order valence-electron chi connectivity index (χ4n) is 3.96. The Labute approximate surface area is 172 Å². The first-order chi connectivity index (χ1) is 14.7. The van der Waals surface area contributed by atoms with Gasteiger partial charge in [0.15, 0.2) is 0 Å². The van der Waals surface area contributed by atoms with Crippen LogP contribution in [0.1, 0.15) is 11.1 Å². The average Bonchev–Trinajstić information content (AvgIpc) is 3.10. The highest BCUT2D eigenvalue weighted by Gasteiger charge is 2.17. The summed E-state index contributed by atoms with van der Waals surface area (Å²) >= 11 is 0. The fraction of sp³-hybridized carbons (Fsp3) is 0.120. The summed E-state index contributed by atoms with van der Waals surface area (Å²) < 4.78 is 17.9. The molecule has 5 rings (SSSR count). The van der Waals surface area contributed by atoms with E-state index < -0.39 is 0 Å². The maximum atomic E-state index is 14.4. The first-order valence-corrected chi connectivity index (χ1v) is 9.96. The molecule has 0 unspecified atom stereocenters. The zero-order chi connectivity index (χ0) is 20.5. The van der Waals surface area contributed by atoms with E-state index in [4.69, 9.17) is 0 Å². The van der Waals surface area contributed by atoms with Crippen LogP contribution in [0.5, 0.6) is 0 Å². The maximum Gasteiger partial charge on any atom is 0.277 e. The number of halogens is 1. The zero-order valence-corrected chi connectivity index (χ0v) is 16.3. The third-order valence-electron chi connectivity index (χ3n) is 5.50. The summed E-state index contributed by atoms with van der Waals surface area (Å²) in [5, 5.41) is 0.899. The zero-order valence-electron chi connectivity index (χ0n) is 16.3. The van der Waals surface area contributed by atoms with Gasteiger partial charge in [0, 0.05) is 17.5 Å². The van der Waals surface area contributed by atoms with Crippen molar-refractivity contribution in [2.24, 2.45) is 0 Å². The lowest BCUT2D eigenvalue weighted by molar-refractivity contribution is 0.603. The highest BCUT2D eigenvalue weighted by atomic mass is 19.1. The molecular weight excluding hydrogens is 377 g/mol. The topological polar surface area (TPSA) is 39.8 Å². The van der Waals surface area contributed by atoms with E-state index in [1.54, 1.807) is 23.0 Å². The molecule has 0 saturated carbocycles. The summed E-state index contributed by atoms with van der Waals surface area (Å²) in [5.41, 5.74) is 3.64. The van der Waals surface area contributed by atoms with Gasteiger partial charge in [-0.1, -0.05) is 66.7 Å². The highest BCUT2D eigenvalue weighted by molar-refractivity contribution is 6.05. The number of rotatable bonds is 5. The SMILES string of the molecule is O=c1c2c(ncn1CCc1ccccc1)c1ccccc1n2Cc1ccccc1F. The van der Waals surface area contributed by atoms with E-state index in [2.05, 4.69) is 4.98 Å². The smallest absolute Gasteiger partial charge is 0.277 e. The monoisotopic (exact) mass is 397 g/mol. The van der Waals surface area contributed by atoms with Crippen LogP contribution in [0.3, 0.4) is 0 Å². The molecule has 0 saturated heterocycles. The van der Waals surface area contributed by atoms with Crippen LogP contribution in [-0.4, -0.2) is 14.1 Å². The van der Waals surface area contributed by atoms with Gasteiger partial charge in [0.2, 0.25) is 0 Å². The lowest BCUT2D eigenvalue weighted by atomic mass is 10.1. The summed E-state index contributed by atoms with van der Waals surface area (Å²) in [5.74, 6) is -0.281. The van der Waals surface area contributed by atoms with Crippen molar-refractivity contribution in [2.45, 2.75) is 19.5 Å². The van der Waals surface area contributed by atoms with Crippen molar-refractivity contribution < 1.29 is 4.39 Å². The molecule has 148 valence electrons. The molecule has 0 spiro atoms. The third-order valence-corrected chi connectivity index (χ3v) is 5.50. The standard InChI is InChI=1S/C25H20FN3O/c26-21-12-6-4-10-19(21)16-29-22-13-7-5-11-20(22)23-24(29)25(30)28(17-27-23)15-14-18-8-2-1-3-9-18/h1-13,17H,14-16H2. The van der Waals surface area contributed by atoms with Crippen molar-refractivity contribution in [3.63, 3.8) is 0 Å². The summed E-state index contributed by atoms with van der Waals surface area (Å²) in [7, 11) is 0. The quantitative estimate of drug-likeness (QED) is 0.428. The summed E-state index contributed by atoms with van der Waals surface area (Å²) in [6, 6.07) is 24.5. The van der Waals surface area contributed by atoms with Crippen LogP contribution in [0.4, 0.5) is 4.39 Å². The fourth-order valence-corrected chi connectivity index (χ4v) is 3.96. The van der Waals surface area contributed by atoms with Crippen molar-refractivity contribution in [1.29, 1.82) is 0 Å². The summed E-state index contributed by atoms with van der Waals surface area (Å²) in [4.78, 5) is 18.0. The Hall–Kier alpha value is -3.73. The van der Waals surface area contributed by atoms with Gasteiger partial charge in [0.1, 0.15) is 16.9 Å². The minimum absolute atomic E-state index is 0.108. The molecule has 5 aromatic rings. The van der Waals surface area contributed by atoms with Crippen molar-refractivity contribution in [3.05, 3.63) is 112 Å². The molecule has 4 nitrogen and oxygen atoms in total.